The van der Waals surface area contributed by atoms with Crippen LogP contribution in [0.4, 0.5) is 0 Å². The zero-order valence-electron chi connectivity index (χ0n) is 11.1. The topological polar surface area (TPSA) is 91.9 Å². The number of nitriles is 1. The van der Waals surface area contributed by atoms with E-state index >= 15 is 0 Å². The number of nitrogens with zero attached hydrogens (tertiary/aromatic N) is 5. The number of fused-ring (bicyclic) bond motifs is 1. The summed E-state index contributed by atoms with van der Waals surface area (Å²) in [6, 6.07) is 5.15. The van der Waals surface area contributed by atoms with Crippen molar-refractivity contribution in [1.29, 1.82) is 5.26 Å². The van der Waals surface area contributed by atoms with Crippen LogP contribution in [0.25, 0.3) is 5.69 Å². The monoisotopic (exact) mass is 281 g/mol. The van der Waals surface area contributed by atoms with Crippen LogP contribution >= 0.6 is 0 Å². The Morgan fingerprint density at radius 1 is 1.48 bits per heavy atom. The molecule has 1 amide bonds. The lowest BCUT2D eigenvalue weighted by molar-refractivity contribution is -0.114. The molecule has 3 rings (SSSR count). The minimum Gasteiger partial charge on any atom is -0.330 e. The average Bonchev–Trinajstić information content (AvgIpc) is 2.96. The summed E-state index contributed by atoms with van der Waals surface area (Å²) in [5, 5.41) is 12.9. The van der Waals surface area contributed by atoms with E-state index in [1.54, 1.807) is 29.3 Å². The summed E-state index contributed by atoms with van der Waals surface area (Å²) >= 11 is 0. The molecule has 0 saturated heterocycles. The van der Waals surface area contributed by atoms with Crippen molar-refractivity contribution in [1.82, 2.24) is 19.7 Å². The van der Waals surface area contributed by atoms with E-state index in [1.807, 2.05) is 6.07 Å². The van der Waals surface area contributed by atoms with Crippen molar-refractivity contribution in [2.24, 2.45) is 0 Å². The van der Waals surface area contributed by atoms with Crippen LogP contribution in [0.5, 0.6) is 0 Å². The summed E-state index contributed by atoms with van der Waals surface area (Å²) in [7, 11) is 0. The van der Waals surface area contributed by atoms with Gasteiger partial charge in [-0.25, -0.2) is 4.68 Å². The highest BCUT2D eigenvalue weighted by atomic mass is 16.2. The lowest BCUT2D eigenvalue weighted by Gasteiger charge is -2.24. The van der Waals surface area contributed by atoms with Crippen LogP contribution < -0.4 is 0 Å². The lowest BCUT2D eigenvalue weighted by atomic mass is 10.1. The first kappa shape index (κ1) is 13.0. The first-order chi connectivity index (χ1) is 10.2. The summed E-state index contributed by atoms with van der Waals surface area (Å²) in [4.78, 5) is 28.9. The van der Waals surface area contributed by atoms with Gasteiger partial charge in [0, 0.05) is 25.4 Å². The third-order valence-corrected chi connectivity index (χ3v) is 3.30. The Balaban J connectivity index is 1.89. The highest BCUT2D eigenvalue weighted by Gasteiger charge is 2.28. The second-order valence-corrected chi connectivity index (χ2v) is 4.66. The van der Waals surface area contributed by atoms with Crippen LogP contribution in [0, 0.1) is 11.3 Å². The fraction of sp³-hybridized carbons (Fsp3) is 0.214. The van der Waals surface area contributed by atoms with Crippen LogP contribution in [0.1, 0.15) is 16.1 Å². The molecule has 104 valence electrons. The first-order valence-corrected chi connectivity index (χ1v) is 6.40. The number of ketones is 1. The lowest BCUT2D eigenvalue weighted by Crippen LogP contribution is -2.40. The number of aromatic nitrogens is 3. The Morgan fingerprint density at radius 2 is 2.33 bits per heavy atom. The van der Waals surface area contributed by atoms with E-state index < -0.39 is 5.78 Å². The summed E-state index contributed by atoms with van der Waals surface area (Å²) in [6.45, 7) is 0.218. The van der Waals surface area contributed by atoms with E-state index in [-0.39, 0.29) is 12.5 Å². The van der Waals surface area contributed by atoms with Crippen molar-refractivity contribution in [3.63, 3.8) is 0 Å². The second kappa shape index (κ2) is 5.17. The Kier molecular flexibility index (Phi) is 3.20. The molecule has 7 nitrogen and oxygen atoms in total. The number of carbonyl (C=O) groups excluding carboxylic acids is 2. The number of hydrogen-bond acceptors (Lipinski definition) is 5. The van der Waals surface area contributed by atoms with Crippen LogP contribution in [0.3, 0.4) is 0 Å². The van der Waals surface area contributed by atoms with Crippen LogP contribution in [0.15, 0.2) is 30.7 Å². The van der Waals surface area contributed by atoms with Crippen molar-refractivity contribution in [2.75, 3.05) is 13.1 Å². The van der Waals surface area contributed by atoms with Gasteiger partial charge in [0.2, 0.25) is 0 Å². The van der Waals surface area contributed by atoms with E-state index in [2.05, 4.69) is 10.1 Å². The van der Waals surface area contributed by atoms with Gasteiger partial charge < -0.3 is 4.90 Å². The molecule has 2 aromatic rings. The molecule has 0 unspecified atom stereocenters. The fourth-order valence-electron chi connectivity index (χ4n) is 2.27. The van der Waals surface area contributed by atoms with E-state index in [9.17, 15) is 9.59 Å². The van der Waals surface area contributed by atoms with Gasteiger partial charge in [-0.1, -0.05) is 0 Å². The molecule has 0 aromatic carbocycles. The summed E-state index contributed by atoms with van der Waals surface area (Å²) in [5.74, 6) is -0.888. The molecule has 0 N–H and O–H groups in total. The number of pyridine rings is 1. The molecule has 7 heteroatoms. The van der Waals surface area contributed by atoms with Crippen LogP contribution in [0.2, 0.25) is 0 Å². The third-order valence-electron chi connectivity index (χ3n) is 3.30. The zero-order chi connectivity index (χ0) is 14.8. The van der Waals surface area contributed by atoms with Gasteiger partial charge in [-0.15, -0.1) is 0 Å². The van der Waals surface area contributed by atoms with Crippen molar-refractivity contribution in [3.8, 4) is 11.8 Å². The molecule has 0 aliphatic carbocycles. The normalized spacial score (nSPS) is 13.7. The first-order valence-electron chi connectivity index (χ1n) is 6.40. The molecule has 21 heavy (non-hydrogen) atoms. The highest BCUT2D eigenvalue weighted by molar-refractivity contribution is 6.01. The summed E-state index contributed by atoms with van der Waals surface area (Å²) in [6.07, 6.45) is 5.51. The number of hydrogen-bond donors (Lipinski definition) is 0. The number of amides is 1. The Bertz CT molecular complexity index is 744. The van der Waals surface area contributed by atoms with E-state index in [1.165, 1.54) is 11.0 Å². The molecule has 0 fully saturated rings. The molecule has 0 atom stereocenters. The molecule has 1 aliphatic heterocycles. The number of Topliss-reactive ketones (excluding diaryl/α,β-unsaturated/α-hetero) is 1. The Labute approximate surface area is 120 Å². The predicted molar refractivity (Wildman–Crippen MR) is 71.6 cm³/mol. The Hall–Kier alpha value is -3.01. The zero-order valence-corrected chi connectivity index (χ0v) is 11.1. The highest BCUT2D eigenvalue weighted by Crippen LogP contribution is 2.19. The molecule has 3 heterocycles. The van der Waals surface area contributed by atoms with Crippen LogP contribution in [-0.2, 0) is 11.2 Å². The maximum absolute atomic E-state index is 12.3. The smallest absolute Gasteiger partial charge is 0.257 e. The number of carbonyl (C=O) groups is 2. The van der Waals surface area contributed by atoms with Crippen molar-refractivity contribution < 1.29 is 9.59 Å². The minimum absolute atomic E-state index is 0.174. The van der Waals surface area contributed by atoms with E-state index in [0.29, 0.717) is 24.2 Å². The molecule has 0 spiro atoms. The maximum Gasteiger partial charge on any atom is 0.257 e. The van der Waals surface area contributed by atoms with Crippen molar-refractivity contribution in [2.45, 2.75) is 6.42 Å². The fourth-order valence-corrected chi connectivity index (χ4v) is 2.27. The van der Waals surface area contributed by atoms with Gasteiger partial charge >= 0.3 is 0 Å². The predicted octanol–water partition coefficient (Wildman–Crippen LogP) is 0.358. The van der Waals surface area contributed by atoms with E-state index in [0.717, 1.165) is 5.69 Å². The molecule has 0 bridgehead atoms. The standard InChI is InChI=1S/C14H11N5O2/c15-6-11(20)8-18-5-3-13-12(14(18)21)9-19(17-13)10-2-1-4-16-7-10/h1-2,4,7,9H,3,5,8H2. The van der Waals surface area contributed by atoms with Gasteiger partial charge in [0.15, 0.2) is 0 Å². The van der Waals surface area contributed by atoms with E-state index in [4.69, 9.17) is 5.26 Å². The minimum atomic E-state index is -0.619. The third kappa shape index (κ3) is 2.39. The molecular formula is C14H11N5O2. The molecule has 1 aliphatic rings. The average molecular weight is 281 g/mol. The van der Waals surface area contributed by atoms with Gasteiger partial charge in [-0.2, -0.15) is 10.4 Å². The van der Waals surface area contributed by atoms with Gasteiger partial charge in [0.1, 0.15) is 6.07 Å². The van der Waals surface area contributed by atoms with Gasteiger partial charge in [0.25, 0.3) is 11.7 Å². The van der Waals surface area contributed by atoms with Crippen molar-refractivity contribution in [3.05, 3.63) is 42.0 Å². The number of rotatable bonds is 3. The van der Waals surface area contributed by atoms with Gasteiger partial charge in [0.05, 0.1) is 29.7 Å². The van der Waals surface area contributed by atoms with Crippen LogP contribution in [-0.4, -0.2) is 44.4 Å². The Morgan fingerprint density at radius 3 is 3.05 bits per heavy atom. The van der Waals surface area contributed by atoms with Crippen molar-refractivity contribution >= 4 is 11.7 Å². The maximum atomic E-state index is 12.3. The molecule has 2 aromatic heterocycles. The quantitative estimate of drug-likeness (QED) is 0.757. The summed E-state index contributed by atoms with van der Waals surface area (Å²) in [5.41, 5.74) is 1.93. The molecule has 0 saturated carbocycles. The van der Waals surface area contributed by atoms with Gasteiger partial charge in [-0.05, 0) is 12.1 Å². The van der Waals surface area contributed by atoms with Gasteiger partial charge in [-0.3, -0.25) is 14.6 Å². The largest absolute Gasteiger partial charge is 0.330 e. The molecule has 0 radical (unpaired) electrons. The SMILES string of the molecule is N#CC(=O)CN1CCc2nn(-c3cccnc3)cc2C1=O. The summed E-state index contributed by atoms with van der Waals surface area (Å²) < 4.78 is 1.60. The second-order valence-electron chi connectivity index (χ2n) is 4.66. The molecular weight excluding hydrogens is 270 g/mol.